The van der Waals surface area contributed by atoms with E-state index in [0.29, 0.717) is 24.7 Å². The molecular formula is C10H10BrN3O2. The number of ether oxygens (including phenoxy) is 1. The number of halogens is 1. The average molecular weight is 284 g/mol. The molecule has 2 unspecified atom stereocenters. The number of rotatable bonds is 0. The summed E-state index contributed by atoms with van der Waals surface area (Å²) < 4.78 is 6.14. The molecule has 16 heavy (non-hydrogen) atoms. The number of amides is 1. The van der Waals surface area contributed by atoms with Crippen LogP contribution in [0.3, 0.4) is 0 Å². The third-order valence-corrected chi connectivity index (χ3v) is 3.29. The van der Waals surface area contributed by atoms with Crippen LogP contribution in [0.2, 0.25) is 0 Å². The van der Waals surface area contributed by atoms with Gasteiger partial charge in [0.2, 0.25) is 5.91 Å². The Morgan fingerprint density at radius 3 is 3.25 bits per heavy atom. The number of fused-ring (bicyclic) bond motifs is 2. The fraction of sp³-hybridized carbons (Fsp3) is 0.400. The molecule has 1 amide bonds. The highest BCUT2D eigenvalue weighted by molar-refractivity contribution is 9.10. The molecule has 1 aromatic rings. The van der Waals surface area contributed by atoms with Gasteiger partial charge in [-0.05, 0) is 22.0 Å². The summed E-state index contributed by atoms with van der Waals surface area (Å²) in [5.41, 5.74) is 0.716. The zero-order chi connectivity index (χ0) is 11.1. The van der Waals surface area contributed by atoms with Gasteiger partial charge in [-0.15, -0.1) is 0 Å². The van der Waals surface area contributed by atoms with Gasteiger partial charge in [-0.2, -0.15) is 0 Å². The van der Waals surface area contributed by atoms with Gasteiger partial charge >= 0.3 is 0 Å². The van der Waals surface area contributed by atoms with Crippen LogP contribution in [-0.2, 0) is 9.53 Å². The Morgan fingerprint density at radius 2 is 2.38 bits per heavy atom. The smallest absolute Gasteiger partial charge is 0.232 e. The molecule has 0 aliphatic carbocycles. The lowest BCUT2D eigenvalue weighted by molar-refractivity contribution is -0.119. The highest BCUT2D eigenvalue weighted by Crippen LogP contribution is 2.30. The van der Waals surface area contributed by atoms with Crippen LogP contribution >= 0.6 is 15.9 Å². The van der Waals surface area contributed by atoms with E-state index in [1.165, 1.54) is 0 Å². The first-order valence-corrected chi connectivity index (χ1v) is 5.84. The first-order valence-electron chi connectivity index (χ1n) is 5.05. The summed E-state index contributed by atoms with van der Waals surface area (Å²) >= 11 is 3.33. The molecule has 2 N–H and O–H groups in total. The van der Waals surface area contributed by atoms with Crippen LogP contribution in [0.1, 0.15) is 0 Å². The minimum atomic E-state index is -0.132. The topological polar surface area (TPSA) is 63.2 Å². The molecule has 3 heterocycles. The first-order chi connectivity index (χ1) is 7.74. The Labute approximate surface area is 101 Å². The number of nitrogens with one attached hydrogen (secondary N) is 2. The molecule has 0 saturated carbocycles. The highest BCUT2D eigenvalue weighted by atomic mass is 79.9. The number of nitrogens with zero attached hydrogens (tertiary/aromatic N) is 1. The largest absolute Gasteiger partial charge is 0.378 e. The van der Waals surface area contributed by atoms with Crippen molar-refractivity contribution in [1.29, 1.82) is 0 Å². The first kappa shape index (κ1) is 10.0. The van der Waals surface area contributed by atoms with E-state index in [4.69, 9.17) is 4.74 Å². The van der Waals surface area contributed by atoms with Gasteiger partial charge in [0, 0.05) is 10.7 Å². The normalized spacial score (nSPS) is 27.4. The van der Waals surface area contributed by atoms with Crippen LogP contribution in [-0.4, -0.2) is 30.1 Å². The maximum absolute atomic E-state index is 11.9. The summed E-state index contributed by atoms with van der Waals surface area (Å²) in [7, 11) is 0. The Hall–Kier alpha value is -1.14. The van der Waals surface area contributed by atoms with Gasteiger partial charge in [-0.3, -0.25) is 4.79 Å². The SMILES string of the molecule is O=C1Nc2cc(Br)cnc2NC2COCC12. The Balaban J connectivity index is 2.01. The molecule has 1 fully saturated rings. The summed E-state index contributed by atoms with van der Waals surface area (Å²) in [6.45, 7) is 1.02. The average Bonchev–Trinajstić information content (AvgIpc) is 2.65. The number of pyridine rings is 1. The monoisotopic (exact) mass is 283 g/mol. The number of hydrogen-bond acceptors (Lipinski definition) is 4. The summed E-state index contributed by atoms with van der Waals surface area (Å²) in [6.07, 6.45) is 1.70. The molecule has 3 rings (SSSR count). The van der Waals surface area contributed by atoms with E-state index in [1.807, 2.05) is 6.07 Å². The fourth-order valence-electron chi connectivity index (χ4n) is 2.01. The van der Waals surface area contributed by atoms with Crippen LogP contribution in [0, 0.1) is 5.92 Å². The third kappa shape index (κ3) is 1.58. The maximum atomic E-state index is 11.9. The van der Waals surface area contributed by atoms with E-state index in [2.05, 4.69) is 31.5 Å². The second kappa shape index (κ2) is 3.71. The van der Waals surface area contributed by atoms with Crippen molar-refractivity contribution >= 4 is 33.3 Å². The van der Waals surface area contributed by atoms with Crippen molar-refractivity contribution in [3.63, 3.8) is 0 Å². The molecule has 2 aliphatic rings. The molecule has 2 atom stereocenters. The molecule has 1 aromatic heterocycles. The molecule has 0 spiro atoms. The molecule has 1 saturated heterocycles. The molecule has 0 radical (unpaired) electrons. The molecule has 6 heteroatoms. The number of carbonyl (C=O) groups is 1. The molecule has 0 bridgehead atoms. The lowest BCUT2D eigenvalue weighted by Gasteiger charge is -2.13. The second-order valence-corrected chi connectivity index (χ2v) is 4.85. The lowest BCUT2D eigenvalue weighted by atomic mass is 10.0. The zero-order valence-electron chi connectivity index (χ0n) is 8.37. The maximum Gasteiger partial charge on any atom is 0.232 e. The third-order valence-electron chi connectivity index (χ3n) is 2.85. The van der Waals surface area contributed by atoms with Gasteiger partial charge in [0.05, 0.1) is 30.9 Å². The van der Waals surface area contributed by atoms with Crippen LogP contribution < -0.4 is 10.6 Å². The Bertz CT molecular complexity index is 452. The van der Waals surface area contributed by atoms with Gasteiger partial charge in [0.1, 0.15) is 5.82 Å². The van der Waals surface area contributed by atoms with Crippen molar-refractivity contribution in [2.75, 3.05) is 23.8 Å². The van der Waals surface area contributed by atoms with E-state index < -0.39 is 0 Å². The number of hydrogen-bond donors (Lipinski definition) is 2. The van der Waals surface area contributed by atoms with Crippen LogP contribution in [0.15, 0.2) is 16.7 Å². The molecule has 84 valence electrons. The zero-order valence-corrected chi connectivity index (χ0v) is 9.95. The van der Waals surface area contributed by atoms with Crippen molar-refractivity contribution in [2.24, 2.45) is 5.92 Å². The van der Waals surface area contributed by atoms with Gasteiger partial charge in [-0.1, -0.05) is 0 Å². The van der Waals surface area contributed by atoms with Gasteiger partial charge in [0.15, 0.2) is 0 Å². The molecule has 5 nitrogen and oxygen atoms in total. The van der Waals surface area contributed by atoms with Crippen LogP contribution in [0.5, 0.6) is 0 Å². The minimum absolute atomic E-state index is 0.00588. The van der Waals surface area contributed by atoms with Crippen LogP contribution in [0.4, 0.5) is 11.5 Å². The minimum Gasteiger partial charge on any atom is -0.378 e. The van der Waals surface area contributed by atoms with Crippen molar-refractivity contribution in [1.82, 2.24) is 4.98 Å². The molecule has 0 aromatic carbocycles. The predicted molar refractivity (Wildman–Crippen MR) is 62.3 cm³/mol. The van der Waals surface area contributed by atoms with E-state index in [9.17, 15) is 4.79 Å². The second-order valence-electron chi connectivity index (χ2n) is 3.93. The van der Waals surface area contributed by atoms with Crippen LogP contribution in [0.25, 0.3) is 0 Å². The summed E-state index contributed by atoms with van der Waals surface area (Å²) in [5, 5.41) is 6.10. The van der Waals surface area contributed by atoms with Gasteiger partial charge in [0.25, 0.3) is 0 Å². The summed E-state index contributed by atoms with van der Waals surface area (Å²) in [4.78, 5) is 16.1. The quantitative estimate of drug-likeness (QED) is 0.752. The highest BCUT2D eigenvalue weighted by Gasteiger charge is 2.37. The number of aromatic nitrogens is 1. The van der Waals surface area contributed by atoms with Gasteiger partial charge in [-0.25, -0.2) is 4.98 Å². The van der Waals surface area contributed by atoms with Gasteiger partial charge < -0.3 is 15.4 Å². The van der Waals surface area contributed by atoms with Crippen molar-refractivity contribution < 1.29 is 9.53 Å². The standard InChI is InChI=1S/C10H10BrN3O2/c11-5-1-7-9(12-2-5)13-8-4-16-3-6(8)10(15)14-7/h1-2,6,8H,3-4H2,(H,12,13)(H,14,15). The summed E-state index contributed by atoms with van der Waals surface area (Å²) in [5.74, 6) is 0.566. The van der Waals surface area contributed by atoms with E-state index in [-0.39, 0.29) is 17.9 Å². The van der Waals surface area contributed by atoms with Crippen molar-refractivity contribution in [2.45, 2.75) is 6.04 Å². The van der Waals surface area contributed by atoms with E-state index in [1.54, 1.807) is 6.20 Å². The van der Waals surface area contributed by atoms with E-state index >= 15 is 0 Å². The summed E-state index contributed by atoms with van der Waals surface area (Å²) in [6, 6.07) is 1.87. The van der Waals surface area contributed by atoms with Crippen molar-refractivity contribution in [3.8, 4) is 0 Å². The van der Waals surface area contributed by atoms with Crippen molar-refractivity contribution in [3.05, 3.63) is 16.7 Å². The molecule has 2 aliphatic heterocycles. The predicted octanol–water partition coefficient (Wildman–Crippen LogP) is 1.22. The lowest BCUT2D eigenvalue weighted by Crippen LogP contribution is -2.33. The molecular weight excluding hydrogens is 274 g/mol. The Morgan fingerprint density at radius 1 is 1.50 bits per heavy atom. The van der Waals surface area contributed by atoms with E-state index in [0.717, 1.165) is 4.47 Å². The number of carbonyl (C=O) groups excluding carboxylic acids is 1. The Kier molecular flexibility index (Phi) is 2.33. The fourth-order valence-corrected chi connectivity index (χ4v) is 2.34. The number of anilines is 2.